The number of aliphatic imine (C=N–C) groups is 1. The molecule has 0 aromatic carbocycles. The second-order valence-corrected chi connectivity index (χ2v) is 4.88. The smallest absolute Gasteiger partial charge is 0.123 e. The summed E-state index contributed by atoms with van der Waals surface area (Å²) in [4.78, 5) is 11.4. The van der Waals surface area contributed by atoms with E-state index in [1.165, 1.54) is 0 Å². The molecule has 1 aromatic rings. The second kappa shape index (κ2) is 8.60. The van der Waals surface area contributed by atoms with Gasteiger partial charge in [-0.25, -0.2) is 0 Å². The van der Waals surface area contributed by atoms with Crippen LogP contribution in [0.1, 0.15) is 12.6 Å². The van der Waals surface area contributed by atoms with Crippen LogP contribution in [0, 0.1) is 0 Å². The van der Waals surface area contributed by atoms with Crippen LogP contribution in [-0.4, -0.2) is 61.5 Å². The maximum Gasteiger partial charge on any atom is 0.123 e. The molecule has 0 aliphatic carbocycles. The molecule has 0 saturated carbocycles. The van der Waals surface area contributed by atoms with E-state index in [4.69, 9.17) is 21.7 Å². The van der Waals surface area contributed by atoms with E-state index in [2.05, 4.69) is 9.98 Å². The topological polar surface area (TPSA) is 47.0 Å². The van der Waals surface area contributed by atoms with E-state index in [0.717, 1.165) is 22.1 Å². The summed E-state index contributed by atoms with van der Waals surface area (Å²) < 4.78 is 10.5. The van der Waals surface area contributed by atoms with Crippen molar-refractivity contribution in [3.05, 3.63) is 24.0 Å². The third-order valence-corrected chi connectivity index (χ3v) is 3.10. The normalized spacial score (nSPS) is 11.3. The maximum atomic E-state index is 5.55. The SMILES string of the molecule is COCCOc1ccnc(C(C)=NCC(=S)N(C)C)c1. The molecule has 0 spiro atoms. The van der Waals surface area contributed by atoms with Gasteiger partial charge in [0.2, 0.25) is 0 Å². The van der Waals surface area contributed by atoms with Crippen molar-refractivity contribution in [3.63, 3.8) is 0 Å². The fraction of sp³-hybridized carbons (Fsp3) is 0.500. The molecule has 0 bridgehead atoms. The van der Waals surface area contributed by atoms with Crippen molar-refractivity contribution >= 4 is 22.9 Å². The van der Waals surface area contributed by atoms with E-state index in [9.17, 15) is 0 Å². The third-order valence-electron chi connectivity index (χ3n) is 2.61. The number of pyridine rings is 1. The number of ether oxygens (including phenoxy) is 2. The van der Waals surface area contributed by atoms with Crippen LogP contribution >= 0.6 is 12.2 Å². The average molecular weight is 295 g/mol. The highest BCUT2D eigenvalue weighted by Gasteiger charge is 2.03. The summed E-state index contributed by atoms with van der Waals surface area (Å²) in [5.74, 6) is 0.761. The lowest BCUT2D eigenvalue weighted by Gasteiger charge is -2.11. The molecule has 110 valence electrons. The van der Waals surface area contributed by atoms with Gasteiger partial charge in [0.15, 0.2) is 0 Å². The molecule has 0 aliphatic heterocycles. The van der Waals surface area contributed by atoms with Crippen LogP contribution in [0.15, 0.2) is 23.3 Å². The largest absolute Gasteiger partial charge is 0.491 e. The molecule has 5 nitrogen and oxygen atoms in total. The van der Waals surface area contributed by atoms with Gasteiger partial charge in [-0.15, -0.1) is 0 Å². The van der Waals surface area contributed by atoms with E-state index >= 15 is 0 Å². The lowest BCUT2D eigenvalue weighted by molar-refractivity contribution is 0.146. The summed E-state index contributed by atoms with van der Waals surface area (Å²) in [6.45, 7) is 3.48. The number of thiocarbonyl (C=S) groups is 1. The molecule has 1 heterocycles. The number of hydrogen-bond donors (Lipinski definition) is 0. The van der Waals surface area contributed by atoms with Crippen LogP contribution in [0.5, 0.6) is 5.75 Å². The fourth-order valence-electron chi connectivity index (χ4n) is 1.35. The predicted octanol–water partition coefficient (Wildman–Crippen LogP) is 1.80. The fourth-order valence-corrected chi connectivity index (χ4v) is 1.41. The molecule has 0 amide bonds. The summed E-state index contributed by atoms with van der Waals surface area (Å²) in [6.07, 6.45) is 1.71. The lowest BCUT2D eigenvalue weighted by atomic mass is 10.2. The first-order valence-corrected chi connectivity index (χ1v) is 6.74. The quantitative estimate of drug-likeness (QED) is 0.436. The number of aromatic nitrogens is 1. The molecule has 0 N–H and O–H groups in total. The van der Waals surface area contributed by atoms with E-state index in [-0.39, 0.29) is 0 Å². The number of nitrogens with zero attached hydrogens (tertiary/aromatic N) is 3. The Morgan fingerprint density at radius 1 is 1.40 bits per heavy atom. The van der Waals surface area contributed by atoms with E-state index in [1.807, 2.05) is 38.1 Å². The molecule has 20 heavy (non-hydrogen) atoms. The molecule has 0 fully saturated rings. The number of methoxy groups -OCH3 is 1. The zero-order valence-electron chi connectivity index (χ0n) is 12.4. The average Bonchev–Trinajstić information content (AvgIpc) is 2.44. The van der Waals surface area contributed by atoms with Gasteiger partial charge in [0, 0.05) is 33.5 Å². The third kappa shape index (κ3) is 5.63. The van der Waals surface area contributed by atoms with Gasteiger partial charge in [0.25, 0.3) is 0 Å². The number of rotatable bonds is 7. The summed E-state index contributed by atoms with van der Waals surface area (Å²) in [5.41, 5.74) is 1.63. The second-order valence-electron chi connectivity index (χ2n) is 4.41. The van der Waals surface area contributed by atoms with Gasteiger partial charge in [-0.3, -0.25) is 9.98 Å². The molecule has 0 radical (unpaired) electrons. The highest BCUT2D eigenvalue weighted by Crippen LogP contribution is 2.11. The Morgan fingerprint density at radius 3 is 2.80 bits per heavy atom. The number of likely N-dealkylation sites (N-methyl/N-ethyl adjacent to an activating group) is 1. The molecular formula is C14H21N3O2S. The molecular weight excluding hydrogens is 274 g/mol. The van der Waals surface area contributed by atoms with Crippen molar-refractivity contribution in [1.82, 2.24) is 9.88 Å². The number of hydrogen-bond acceptors (Lipinski definition) is 5. The Kier molecular flexibility index (Phi) is 7.11. The minimum absolute atomic E-state index is 0.491. The van der Waals surface area contributed by atoms with Gasteiger partial charge < -0.3 is 14.4 Å². The van der Waals surface area contributed by atoms with Crippen LogP contribution in [0.3, 0.4) is 0 Å². The molecule has 0 atom stereocenters. The van der Waals surface area contributed by atoms with Gasteiger partial charge in [-0.2, -0.15) is 0 Å². The molecule has 1 rings (SSSR count). The Hall–Kier alpha value is -1.53. The standard InChI is InChI=1S/C14H21N3O2S/c1-11(16-10-14(20)17(2)3)13-9-12(5-6-15-13)19-8-7-18-4/h5-6,9H,7-8,10H2,1-4H3. The van der Waals surface area contributed by atoms with Gasteiger partial charge >= 0.3 is 0 Å². The van der Waals surface area contributed by atoms with Crippen LogP contribution < -0.4 is 4.74 Å². The zero-order chi connectivity index (χ0) is 15.0. The van der Waals surface area contributed by atoms with Crippen molar-refractivity contribution in [2.24, 2.45) is 4.99 Å². The minimum atomic E-state index is 0.491. The van der Waals surface area contributed by atoms with Gasteiger partial charge in [-0.05, 0) is 13.0 Å². The van der Waals surface area contributed by atoms with Gasteiger partial charge in [0.1, 0.15) is 12.4 Å². The Morgan fingerprint density at radius 2 is 2.15 bits per heavy atom. The van der Waals surface area contributed by atoms with Crippen LogP contribution in [-0.2, 0) is 4.74 Å². The lowest BCUT2D eigenvalue weighted by Crippen LogP contribution is -2.22. The summed E-state index contributed by atoms with van der Waals surface area (Å²) in [7, 11) is 5.47. The first kappa shape index (κ1) is 16.5. The van der Waals surface area contributed by atoms with Gasteiger partial charge in [-0.1, -0.05) is 12.2 Å². The highest BCUT2D eigenvalue weighted by atomic mass is 32.1. The van der Waals surface area contributed by atoms with Crippen LogP contribution in [0.25, 0.3) is 0 Å². The van der Waals surface area contributed by atoms with Crippen LogP contribution in [0.2, 0.25) is 0 Å². The Labute approximate surface area is 125 Å². The van der Waals surface area contributed by atoms with Crippen molar-refractivity contribution < 1.29 is 9.47 Å². The molecule has 0 aliphatic rings. The maximum absolute atomic E-state index is 5.55. The van der Waals surface area contributed by atoms with E-state index in [0.29, 0.717) is 19.8 Å². The summed E-state index contributed by atoms with van der Waals surface area (Å²) in [5, 5.41) is 0. The van der Waals surface area contributed by atoms with E-state index in [1.54, 1.807) is 13.3 Å². The van der Waals surface area contributed by atoms with Crippen LogP contribution in [0.4, 0.5) is 0 Å². The Bertz CT molecular complexity index is 475. The molecule has 1 aromatic heterocycles. The van der Waals surface area contributed by atoms with E-state index < -0.39 is 0 Å². The molecule has 0 unspecified atom stereocenters. The van der Waals surface area contributed by atoms with Gasteiger partial charge in [0.05, 0.1) is 29.5 Å². The Balaban J connectivity index is 2.68. The zero-order valence-corrected chi connectivity index (χ0v) is 13.2. The monoisotopic (exact) mass is 295 g/mol. The predicted molar refractivity (Wildman–Crippen MR) is 85.0 cm³/mol. The molecule has 0 saturated heterocycles. The van der Waals surface area contributed by atoms with Crippen molar-refractivity contribution in [2.75, 3.05) is 41.0 Å². The van der Waals surface area contributed by atoms with Crippen molar-refractivity contribution in [2.45, 2.75) is 6.92 Å². The summed E-state index contributed by atoms with van der Waals surface area (Å²) >= 11 is 5.20. The van der Waals surface area contributed by atoms with Crippen molar-refractivity contribution in [3.8, 4) is 5.75 Å². The highest BCUT2D eigenvalue weighted by molar-refractivity contribution is 7.80. The minimum Gasteiger partial charge on any atom is -0.491 e. The first-order valence-electron chi connectivity index (χ1n) is 6.34. The summed E-state index contributed by atoms with van der Waals surface area (Å²) in [6, 6.07) is 3.68. The first-order chi connectivity index (χ1) is 9.54. The van der Waals surface area contributed by atoms with Crippen molar-refractivity contribution in [1.29, 1.82) is 0 Å². The molecule has 6 heteroatoms.